The maximum absolute atomic E-state index is 12.4. The molecule has 2 atom stereocenters. The van der Waals surface area contributed by atoms with Crippen molar-refractivity contribution in [3.63, 3.8) is 0 Å². The minimum absolute atomic E-state index is 0.00314. The number of ether oxygens (including phenoxy) is 1. The summed E-state index contributed by atoms with van der Waals surface area (Å²) in [5, 5.41) is 6.95. The topological polar surface area (TPSA) is 81.9 Å². The lowest BCUT2D eigenvalue weighted by molar-refractivity contribution is -0.117. The van der Waals surface area contributed by atoms with E-state index in [2.05, 4.69) is 20.4 Å². The minimum atomic E-state index is 0.00314. The molecule has 1 amide bonds. The number of anilines is 1. The van der Waals surface area contributed by atoms with E-state index < -0.39 is 0 Å². The highest BCUT2D eigenvalue weighted by molar-refractivity contribution is 5.95. The van der Waals surface area contributed by atoms with Gasteiger partial charge >= 0.3 is 0 Å². The normalized spacial score (nSPS) is 18.6. The van der Waals surface area contributed by atoms with Gasteiger partial charge in [0.15, 0.2) is 5.82 Å². The number of amides is 1. The Labute approximate surface area is 144 Å². The lowest BCUT2D eigenvalue weighted by Crippen LogP contribution is -2.15. The van der Waals surface area contributed by atoms with Crippen molar-refractivity contribution in [3.8, 4) is 11.6 Å². The number of hydrogen-bond acceptors (Lipinski definition) is 5. The van der Waals surface area contributed by atoms with Gasteiger partial charge in [0.1, 0.15) is 18.4 Å². The highest BCUT2D eigenvalue weighted by Crippen LogP contribution is 2.48. The van der Waals surface area contributed by atoms with Gasteiger partial charge in [0.25, 0.3) is 0 Å². The van der Waals surface area contributed by atoms with Crippen LogP contribution in [0.4, 0.5) is 5.69 Å². The Balaban J connectivity index is 1.38. The van der Waals surface area contributed by atoms with Crippen molar-refractivity contribution in [3.05, 3.63) is 60.8 Å². The molecule has 1 saturated carbocycles. The fourth-order valence-electron chi connectivity index (χ4n) is 2.86. The van der Waals surface area contributed by atoms with Crippen LogP contribution in [0.15, 0.2) is 55.2 Å². The van der Waals surface area contributed by atoms with Crippen LogP contribution in [0.2, 0.25) is 0 Å². The van der Waals surface area contributed by atoms with Crippen molar-refractivity contribution >= 4 is 11.6 Å². The van der Waals surface area contributed by atoms with Crippen LogP contribution in [0, 0.1) is 5.92 Å². The van der Waals surface area contributed by atoms with Crippen molar-refractivity contribution in [2.45, 2.75) is 12.3 Å². The summed E-state index contributed by atoms with van der Waals surface area (Å²) in [6.07, 6.45) is 5.51. The number of nitrogens with one attached hydrogen (secondary N) is 1. The highest BCUT2D eigenvalue weighted by Gasteiger charge is 2.43. The molecule has 1 aromatic carbocycles. The fourth-order valence-corrected chi connectivity index (χ4v) is 2.86. The average Bonchev–Trinajstić information content (AvgIpc) is 3.28. The molecule has 2 aromatic heterocycles. The Morgan fingerprint density at radius 1 is 1.24 bits per heavy atom. The molecule has 1 aliphatic carbocycles. The second-order valence-corrected chi connectivity index (χ2v) is 5.96. The molecule has 25 heavy (non-hydrogen) atoms. The van der Waals surface area contributed by atoms with Crippen LogP contribution in [0.3, 0.4) is 0 Å². The summed E-state index contributed by atoms with van der Waals surface area (Å²) < 4.78 is 6.72. The molecule has 2 heterocycles. The van der Waals surface area contributed by atoms with Crippen molar-refractivity contribution in [1.29, 1.82) is 0 Å². The zero-order valence-electron chi connectivity index (χ0n) is 13.7. The van der Waals surface area contributed by atoms with Gasteiger partial charge in [-0.2, -0.15) is 5.10 Å². The predicted octanol–water partition coefficient (Wildman–Crippen LogP) is 2.41. The van der Waals surface area contributed by atoms with Gasteiger partial charge in [0, 0.05) is 5.92 Å². The first-order chi connectivity index (χ1) is 12.2. The van der Waals surface area contributed by atoms with E-state index in [1.54, 1.807) is 30.4 Å². The molecular weight excluding hydrogens is 318 g/mol. The summed E-state index contributed by atoms with van der Waals surface area (Å²) in [7, 11) is 1.64. The number of methoxy groups -OCH3 is 1. The number of nitrogens with zero attached hydrogens (tertiary/aromatic N) is 4. The van der Waals surface area contributed by atoms with Crippen molar-refractivity contribution in [2.24, 2.45) is 5.92 Å². The Hall–Kier alpha value is -3.22. The van der Waals surface area contributed by atoms with E-state index in [1.807, 2.05) is 30.3 Å². The van der Waals surface area contributed by atoms with E-state index in [0.717, 1.165) is 12.2 Å². The first kappa shape index (κ1) is 15.3. The van der Waals surface area contributed by atoms with Crippen LogP contribution < -0.4 is 10.1 Å². The zero-order valence-corrected chi connectivity index (χ0v) is 13.7. The van der Waals surface area contributed by atoms with Crippen molar-refractivity contribution in [2.75, 3.05) is 12.4 Å². The third kappa shape index (κ3) is 3.21. The molecule has 1 fully saturated rings. The number of carbonyl (C=O) groups is 1. The summed E-state index contributed by atoms with van der Waals surface area (Å²) in [6, 6.07) is 11.5. The van der Waals surface area contributed by atoms with E-state index >= 15 is 0 Å². The Kier molecular flexibility index (Phi) is 3.89. The van der Waals surface area contributed by atoms with Crippen molar-refractivity contribution in [1.82, 2.24) is 19.7 Å². The largest absolute Gasteiger partial charge is 0.497 e. The Bertz CT molecular complexity index is 859. The highest BCUT2D eigenvalue weighted by atomic mass is 16.5. The first-order valence-corrected chi connectivity index (χ1v) is 8.00. The molecule has 0 saturated heterocycles. The SMILES string of the molecule is COc1ccc([C@H]2C[C@@H]2C(=O)Nc2ccc(-n3cncn3)nc2)cc1. The summed E-state index contributed by atoms with van der Waals surface area (Å²) >= 11 is 0. The molecule has 0 aliphatic heterocycles. The van der Waals surface area contributed by atoms with Crippen LogP contribution in [-0.4, -0.2) is 32.8 Å². The van der Waals surface area contributed by atoms with Crippen LogP contribution >= 0.6 is 0 Å². The number of aromatic nitrogens is 4. The van der Waals surface area contributed by atoms with Gasteiger partial charge in [-0.25, -0.2) is 14.6 Å². The number of carbonyl (C=O) groups excluding carboxylic acids is 1. The summed E-state index contributed by atoms with van der Waals surface area (Å²) in [5.74, 6) is 1.77. The van der Waals surface area contributed by atoms with Gasteiger partial charge in [-0.15, -0.1) is 0 Å². The molecular formula is C18H17N5O2. The van der Waals surface area contributed by atoms with Gasteiger partial charge in [0.2, 0.25) is 5.91 Å². The van der Waals surface area contributed by atoms with E-state index in [1.165, 1.54) is 11.9 Å². The van der Waals surface area contributed by atoms with Gasteiger partial charge < -0.3 is 10.1 Å². The molecule has 0 spiro atoms. The van der Waals surface area contributed by atoms with Gasteiger partial charge in [-0.3, -0.25) is 4.79 Å². The molecule has 4 rings (SSSR count). The standard InChI is InChI=1S/C18H17N5O2/c1-25-14-5-2-12(3-6-14)15-8-16(15)18(24)22-13-4-7-17(20-9-13)23-11-19-10-21-23/h2-7,9-11,15-16H,8H2,1H3,(H,22,24)/t15-,16+/m1/s1. The molecule has 0 bridgehead atoms. The minimum Gasteiger partial charge on any atom is -0.497 e. The fraction of sp³-hybridized carbons (Fsp3) is 0.222. The summed E-state index contributed by atoms with van der Waals surface area (Å²) in [6.45, 7) is 0. The van der Waals surface area contributed by atoms with Gasteiger partial charge in [0.05, 0.1) is 19.0 Å². The second kappa shape index (κ2) is 6.35. The number of hydrogen-bond donors (Lipinski definition) is 1. The molecule has 7 heteroatoms. The third-order valence-corrected chi connectivity index (χ3v) is 4.34. The molecule has 126 valence electrons. The van der Waals surface area contributed by atoms with Crippen LogP contribution in [0.25, 0.3) is 5.82 Å². The van der Waals surface area contributed by atoms with E-state index in [0.29, 0.717) is 11.5 Å². The van der Waals surface area contributed by atoms with Crippen LogP contribution in [-0.2, 0) is 4.79 Å². The second-order valence-electron chi connectivity index (χ2n) is 5.96. The summed E-state index contributed by atoms with van der Waals surface area (Å²) in [5.41, 5.74) is 1.84. The van der Waals surface area contributed by atoms with Gasteiger partial charge in [-0.1, -0.05) is 12.1 Å². The maximum atomic E-state index is 12.4. The molecule has 3 aromatic rings. The Morgan fingerprint density at radius 3 is 2.72 bits per heavy atom. The van der Waals surface area contributed by atoms with E-state index in [4.69, 9.17) is 4.74 Å². The number of benzene rings is 1. The van der Waals surface area contributed by atoms with Gasteiger partial charge in [-0.05, 0) is 42.2 Å². The lowest BCUT2D eigenvalue weighted by atomic mass is 10.1. The predicted molar refractivity (Wildman–Crippen MR) is 91.6 cm³/mol. The maximum Gasteiger partial charge on any atom is 0.228 e. The smallest absolute Gasteiger partial charge is 0.228 e. The molecule has 7 nitrogen and oxygen atoms in total. The summed E-state index contributed by atoms with van der Waals surface area (Å²) in [4.78, 5) is 20.6. The van der Waals surface area contributed by atoms with Crippen molar-refractivity contribution < 1.29 is 9.53 Å². The monoisotopic (exact) mass is 335 g/mol. The number of rotatable bonds is 5. The van der Waals surface area contributed by atoms with E-state index in [9.17, 15) is 4.79 Å². The quantitative estimate of drug-likeness (QED) is 0.774. The molecule has 0 radical (unpaired) electrons. The molecule has 0 unspecified atom stereocenters. The number of pyridine rings is 1. The molecule has 1 N–H and O–H groups in total. The van der Waals surface area contributed by atoms with Crippen LogP contribution in [0.5, 0.6) is 5.75 Å². The lowest BCUT2D eigenvalue weighted by Gasteiger charge is -2.06. The average molecular weight is 335 g/mol. The first-order valence-electron chi connectivity index (χ1n) is 8.00. The van der Waals surface area contributed by atoms with E-state index in [-0.39, 0.29) is 17.7 Å². The van der Waals surface area contributed by atoms with Crippen LogP contribution in [0.1, 0.15) is 17.9 Å². The third-order valence-electron chi connectivity index (χ3n) is 4.34. The Morgan fingerprint density at radius 2 is 2.08 bits per heavy atom. The molecule has 1 aliphatic rings. The zero-order chi connectivity index (χ0) is 17.2.